The Bertz CT molecular complexity index is 682. The fourth-order valence-electron chi connectivity index (χ4n) is 2.16. The van der Waals surface area contributed by atoms with Gasteiger partial charge in [0, 0.05) is 18.7 Å². The average molecular weight is 287 g/mol. The van der Waals surface area contributed by atoms with E-state index in [0.29, 0.717) is 12.2 Å². The van der Waals surface area contributed by atoms with Gasteiger partial charge in [-0.3, -0.25) is 4.79 Å². The molecule has 0 saturated carbocycles. The third-order valence-corrected chi connectivity index (χ3v) is 3.26. The molecule has 0 aliphatic heterocycles. The number of carbonyl (C=O) groups is 1. The molecule has 0 aliphatic rings. The Hall–Kier alpha value is -2.69. The maximum atomic E-state index is 12.6. The first-order valence-electron chi connectivity index (χ1n) is 6.57. The van der Waals surface area contributed by atoms with Crippen LogP contribution in [0.15, 0.2) is 36.4 Å². The molecule has 21 heavy (non-hydrogen) atoms. The average Bonchev–Trinajstić information content (AvgIpc) is 2.43. The maximum absolute atomic E-state index is 12.6. The molecule has 1 amide bonds. The van der Waals surface area contributed by atoms with Crippen molar-refractivity contribution in [3.8, 4) is 17.2 Å². The van der Waals surface area contributed by atoms with Gasteiger partial charge >= 0.3 is 0 Å². The van der Waals surface area contributed by atoms with Crippen molar-refractivity contribution in [2.75, 3.05) is 11.4 Å². The maximum Gasteiger partial charge on any atom is 0.262 e. The summed E-state index contributed by atoms with van der Waals surface area (Å²) in [5.74, 6) is -0.725. The van der Waals surface area contributed by atoms with Crippen molar-refractivity contribution in [1.82, 2.24) is 0 Å². The van der Waals surface area contributed by atoms with Crippen LogP contribution in [0.25, 0.3) is 0 Å². The van der Waals surface area contributed by atoms with E-state index in [4.69, 9.17) is 0 Å². The molecule has 2 aromatic carbocycles. The van der Waals surface area contributed by atoms with E-state index in [2.05, 4.69) is 0 Å². The number of benzene rings is 2. The molecule has 0 fully saturated rings. The van der Waals surface area contributed by atoms with Gasteiger partial charge in [0.05, 0.1) is 11.3 Å². The van der Waals surface area contributed by atoms with Gasteiger partial charge in [-0.25, -0.2) is 0 Å². The Morgan fingerprint density at radius 1 is 1.05 bits per heavy atom. The zero-order chi connectivity index (χ0) is 15.6. The van der Waals surface area contributed by atoms with Crippen LogP contribution in [0.2, 0.25) is 0 Å². The highest BCUT2D eigenvalue weighted by molar-refractivity contribution is 6.08. The Morgan fingerprint density at radius 3 is 2.29 bits per heavy atom. The molecule has 3 N–H and O–H groups in total. The van der Waals surface area contributed by atoms with E-state index in [1.54, 1.807) is 19.1 Å². The molecule has 0 radical (unpaired) electrons. The number of carbonyl (C=O) groups excluding carboxylic acids is 1. The molecule has 5 heteroatoms. The summed E-state index contributed by atoms with van der Waals surface area (Å²) in [6.45, 7) is 4.02. The van der Waals surface area contributed by atoms with E-state index in [-0.39, 0.29) is 22.8 Å². The second-order valence-electron chi connectivity index (χ2n) is 4.72. The number of nitrogens with zero attached hydrogens (tertiary/aromatic N) is 1. The Morgan fingerprint density at radius 2 is 1.67 bits per heavy atom. The molecule has 0 aromatic heterocycles. The number of hydrogen-bond donors (Lipinski definition) is 3. The highest BCUT2D eigenvalue weighted by atomic mass is 16.3. The SMILES string of the molecule is CCN(C(=O)c1ccc(O)cc1O)c1cc(O)ccc1C. The van der Waals surface area contributed by atoms with Crippen LogP contribution in [0, 0.1) is 6.92 Å². The van der Waals surface area contributed by atoms with Crippen molar-refractivity contribution in [2.45, 2.75) is 13.8 Å². The Labute approximate surface area is 122 Å². The molecular weight excluding hydrogens is 270 g/mol. The van der Waals surface area contributed by atoms with E-state index < -0.39 is 5.91 Å². The van der Waals surface area contributed by atoms with Crippen molar-refractivity contribution in [2.24, 2.45) is 0 Å². The second-order valence-corrected chi connectivity index (χ2v) is 4.72. The topological polar surface area (TPSA) is 81.0 Å². The molecular formula is C16H17NO4. The summed E-state index contributed by atoms with van der Waals surface area (Å²) in [7, 11) is 0. The van der Waals surface area contributed by atoms with Gasteiger partial charge in [-0.15, -0.1) is 0 Å². The van der Waals surface area contributed by atoms with Gasteiger partial charge in [0.25, 0.3) is 5.91 Å². The largest absolute Gasteiger partial charge is 0.508 e. The third kappa shape index (κ3) is 2.91. The molecule has 0 bridgehead atoms. The number of aromatic hydroxyl groups is 3. The van der Waals surface area contributed by atoms with Gasteiger partial charge in [-0.2, -0.15) is 0 Å². The standard InChI is InChI=1S/C16H17NO4/c1-3-17(14-8-11(18)5-4-10(14)2)16(21)13-7-6-12(19)9-15(13)20/h4-9,18-20H,3H2,1-2H3. The van der Waals surface area contributed by atoms with Gasteiger partial charge in [-0.05, 0) is 37.6 Å². The zero-order valence-corrected chi connectivity index (χ0v) is 11.9. The molecule has 0 spiro atoms. The number of hydrogen-bond acceptors (Lipinski definition) is 4. The van der Waals surface area contributed by atoms with E-state index in [1.165, 1.54) is 23.1 Å². The molecule has 110 valence electrons. The van der Waals surface area contributed by atoms with Crippen LogP contribution < -0.4 is 4.90 Å². The molecule has 2 rings (SSSR count). The highest BCUT2D eigenvalue weighted by Crippen LogP contribution is 2.29. The van der Waals surface area contributed by atoms with E-state index in [1.807, 2.05) is 6.92 Å². The summed E-state index contributed by atoms with van der Waals surface area (Å²) < 4.78 is 0. The molecule has 0 saturated heterocycles. The predicted molar refractivity (Wildman–Crippen MR) is 80.0 cm³/mol. The van der Waals surface area contributed by atoms with Crippen LogP contribution in [0.1, 0.15) is 22.8 Å². The molecule has 0 atom stereocenters. The molecule has 0 unspecified atom stereocenters. The normalized spacial score (nSPS) is 10.4. The first-order chi connectivity index (χ1) is 9.93. The first-order valence-corrected chi connectivity index (χ1v) is 6.57. The summed E-state index contributed by atoms with van der Waals surface area (Å²) >= 11 is 0. The quantitative estimate of drug-likeness (QED) is 0.811. The van der Waals surface area contributed by atoms with Crippen LogP contribution in [0.4, 0.5) is 5.69 Å². The number of phenols is 3. The number of amides is 1. The first kappa shape index (κ1) is 14.7. The summed E-state index contributed by atoms with van der Waals surface area (Å²) in [6, 6.07) is 8.61. The fraction of sp³-hybridized carbons (Fsp3) is 0.188. The smallest absolute Gasteiger partial charge is 0.262 e. The molecule has 0 heterocycles. The minimum Gasteiger partial charge on any atom is -0.508 e. The third-order valence-electron chi connectivity index (χ3n) is 3.26. The summed E-state index contributed by atoms with van der Waals surface area (Å²) in [5.41, 5.74) is 1.51. The van der Waals surface area contributed by atoms with Gasteiger partial charge in [-0.1, -0.05) is 6.07 Å². The van der Waals surface area contributed by atoms with Crippen LogP contribution in [0.3, 0.4) is 0 Å². The monoisotopic (exact) mass is 287 g/mol. The van der Waals surface area contributed by atoms with Crippen molar-refractivity contribution >= 4 is 11.6 Å². The van der Waals surface area contributed by atoms with Crippen LogP contribution in [0.5, 0.6) is 17.2 Å². The number of anilines is 1. The summed E-state index contributed by atoms with van der Waals surface area (Å²) in [4.78, 5) is 14.0. The van der Waals surface area contributed by atoms with Gasteiger partial charge in [0.15, 0.2) is 0 Å². The summed E-state index contributed by atoms with van der Waals surface area (Å²) in [5, 5.41) is 28.7. The zero-order valence-electron chi connectivity index (χ0n) is 11.9. The minimum atomic E-state index is -0.399. The lowest BCUT2D eigenvalue weighted by Gasteiger charge is -2.23. The Kier molecular flexibility index (Phi) is 4.03. The summed E-state index contributed by atoms with van der Waals surface area (Å²) in [6.07, 6.45) is 0. The number of aryl methyl sites for hydroxylation is 1. The second kappa shape index (κ2) is 5.75. The van der Waals surface area contributed by atoms with E-state index >= 15 is 0 Å². The highest BCUT2D eigenvalue weighted by Gasteiger charge is 2.21. The van der Waals surface area contributed by atoms with Crippen LogP contribution in [-0.4, -0.2) is 27.8 Å². The number of phenolic OH excluding ortho intramolecular Hbond substituents is 3. The predicted octanol–water partition coefficient (Wildman–Crippen LogP) is 2.78. The molecule has 2 aromatic rings. The van der Waals surface area contributed by atoms with Crippen molar-refractivity contribution < 1.29 is 20.1 Å². The van der Waals surface area contributed by atoms with Gasteiger partial charge < -0.3 is 20.2 Å². The Balaban J connectivity index is 2.45. The fourth-order valence-corrected chi connectivity index (χ4v) is 2.16. The van der Waals surface area contributed by atoms with Crippen LogP contribution in [-0.2, 0) is 0 Å². The van der Waals surface area contributed by atoms with Gasteiger partial charge in [0.2, 0.25) is 0 Å². The lowest BCUT2D eigenvalue weighted by atomic mass is 10.1. The van der Waals surface area contributed by atoms with Crippen molar-refractivity contribution in [3.05, 3.63) is 47.5 Å². The van der Waals surface area contributed by atoms with Crippen molar-refractivity contribution in [1.29, 1.82) is 0 Å². The lowest BCUT2D eigenvalue weighted by molar-refractivity contribution is 0.0985. The van der Waals surface area contributed by atoms with Crippen molar-refractivity contribution in [3.63, 3.8) is 0 Å². The molecule has 0 aliphatic carbocycles. The number of rotatable bonds is 3. The van der Waals surface area contributed by atoms with E-state index in [9.17, 15) is 20.1 Å². The lowest BCUT2D eigenvalue weighted by Crippen LogP contribution is -2.31. The minimum absolute atomic E-state index is 0.0665. The molecule has 5 nitrogen and oxygen atoms in total. The van der Waals surface area contributed by atoms with E-state index in [0.717, 1.165) is 11.6 Å². The van der Waals surface area contributed by atoms with Gasteiger partial charge in [0.1, 0.15) is 17.2 Å². The van der Waals surface area contributed by atoms with Crippen LogP contribution >= 0.6 is 0 Å².